The Morgan fingerprint density at radius 2 is 1.73 bits per heavy atom. The van der Waals surface area contributed by atoms with Gasteiger partial charge >= 0.3 is 0 Å². The highest BCUT2D eigenvalue weighted by Crippen LogP contribution is 2.25. The number of anilines is 1. The molecule has 0 amide bonds. The molecule has 1 aliphatic heterocycles. The standard InChI is InChI=1S/C21H24N4O/c1-16(15-25-11-13-26-14-12-25)22-21-18-9-5-6-10-19(18)23-20(24-21)17-7-3-2-4-8-17/h2-10,16H,11-15H2,1H3,(H,22,23,24). The molecule has 0 radical (unpaired) electrons. The summed E-state index contributed by atoms with van der Waals surface area (Å²) in [6, 6.07) is 18.6. The van der Waals surface area contributed by atoms with E-state index in [9.17, 15) is 0 Å². The van der Waals surface area contributed by atoms with Gasteiger partial charge in [-0.1, -0.05) is 42.5 Å². The lowest BCUT2D eigenvalue weighted by Crippen LogP contribution is -2.42. The van der Waals surface area contributed by atoms with Gasteiger partial charge in [0, 0.05) is 36.6 Å². The fraction of sp³-hybridized carbons (Fsp3) is 0.333. The van der Waals surface area contributed by atoms with Crippen LogP contribution in [0.5, 0.6) is 0 Å². The summed E-state index contributed by atoms with van der Waals surface area (Å²) in [6.07, 6.45) is 0. The molecule has 1 aromatic heterocycles. The molecule has 3 aromatic rings. The number of nitrogens with zero attached hydrogens (tertiary/aromatic N) is 3. The van der Waals surface area contributed by atoms with Crippen molar-refractivity contribution in [3.63, 3.8) is 0 Å². The summed E-state index contributed by atoms with van der Waals surface area (Å²) in [5.74, 6) is 1.65. The van der Waals surface area contributed by atoms with Crippen molar-refractivity contribution in [1.82, 2.24) is 14.9 Å². The molecule has 0 saturated carbocycles. The average molecular weight is 348 g/mol. The van der Waals surface area contributed by atoms with Crippen molar-refractivity contribution in [3.05, 3.63) is 54.6 Å². The van der Waals surface area contributed by atoms with E-state index in [2.05, 4.69) is 23.2 Å². The molecule has 5 heteroatoms. The van der Waals surface area contributed by atoms with Gasteiger partial charge in [-0.15, -0.1) is 0 Å². The summed E-state index contributed by atoms with van der Waals surface area (Å²) in [5, 5.41) is 4.67. The molecule has 1 unspecified atom stereocenters. The van der Waals surface area contributed by atoms with Crippen LogP contribution in [-0.4, -0.2) is 53.8 Å². The van der Waals surface area contributed by atoms with Gasteiger partial charge in [0.05, 0.1) is 18.7 Å². The van der Waals surface area contributed by atoms with Crippen LogP contribution >= 0.6 is 0 Å². The molecular formula is C21H24N4O. The molecule has 2 heterocycles. The van der Waals surface area contributed by atoms with Crippen LogP contribution in [0.1, 0.15) is 6.92 Å². The van der Waals surface area contributed by atoms with Crippen LogP contribution < -0.4 is 5.32 Å². The molecule has 1 atom stereocenters. The molecular weight excluding hydrogens is 324 g/mol. The Morgan fingerprint density at radius 3 is 2.54 bits per heavy atom. The molecule has 1 N–H and O–H groups in total. The number of hydrogen-bond donors (Lipinski definition) is 1. The number of rotatable bonds is 5. The fourth-order valence-electron chi connectivity index (χ4n) is 3.35. The van der Waals surface area contributed by atoms with Gasteiger partial charge in [0.25, 0.3) is 0 Å². The molecule has 0 bridgehead atoms. The minimum atomic E-state index is 0.287. The first-order chi connectivity index (χ1) is 12.8. The molecule has 1 fully saturated rings. The zero-order chi connectivity index (χ0) is 17.8. The number of nitrogens with one attached hydrogen (secondary N) is 1. The highest BCUT2D eigenvalue weighted by molar-refractivity contribution is 5.90. The molecule has 1 aliphatic rings. The highest BCUT2D eigenvalue weighted by Gasteiger charge is 2.16. The first kappa shape index (κ1) is 16.9. The Kier molecular flexibility index (Phi) is 5.09. The third-order valence-electron chi connectivity index (χ3n) is 4.65. The fourth-order valence-corrected chi connectivity index (χ4v) is 3.35. The minimum absolute atomic E-state index is 0.287. The predicted octanol–water partition coefficient (Wildman–Crippen LogP) is 3.43. The number of aromatic nitrogens is 2. The van der Waals surface area contributed by atoms with E-state index in [0.29, 0.717) is 0 Å². The summed E-state index contributed by atoms with van der Waals surface area (Å²) in [7, 11) is 0. The second kappa shape index (κ2) is 7.81. The zero-order valence-electron chi connectivity index (χ0n) is 15.1. The Morgan fingerprint density at radius 1 is 1.00 bits per heavy atom. The molecule has 5 nitrogen and oxygen atoms in total. The number of morpholine rings is 1. The first-order valence-corrected chi connectivity index (χ1v) is 9.18. The Balaban J connectivity index is 1.62. The van der Waals surface area contributed by atoms with Gasteiger partial charge in [0.1, 0.15) is 5.82 Å². The second-order valence-electron chi connectivity index (χ2n) is 6.74. The SMILES string of the molecule is CC(CN1CCOCC1)Nc1nc(-c2ccccc2)nc2ccccc12. The number of hydrogen-bond acceptors (Lipinski definition) is 5. The van der Waals surface area contributed by atoms with Crippen LogP contribution in [0.3, 0.4) is 0 Å². The predicted molar refractivity (Wildman–Crippen MR) is 105 cm³/mol. The van der Waals surface area contributed by atoms with E-state index in [1.807, 2.05) is 48.5 Å². The van der Waals surface area contributed by atoms with Crippen molar-refractivity contribution in [1.29, 1.82) is 0 Å². The first-order valence-electron chi connectivity index (χ1n) is 9.18. The quantitative estimate of drug-likeness (QED) is 0.765. The summed E-state index contributed by atoms with van der Waals surface area (Å²) in [4.78, 5) is 12.0. The lowest BCUT2D eigenvalue weighted by molar-refractivity contribution is 0.0368. The lowest BCUT2D eigenvalue weighted by Gasteiger charge is -2.29. The monoisotopic (exact) mass is 348 g/mol. The molecule has 1 saturated heterocycles. The largest absolute Gasteiger partial charge is 0.379 e. The number of fused-ring (bicyclic) bond motifs is 1. The Bertz CT molecular complexity index is 862. The lowest BCUT2D eigenvalue weighted by atomic mass is 10.1. The highest BCUT2D eigenvalue weighted by atomic mass is 16.5. The summed E-state index contributed by atoms with van der Waals surface area (Å²) in [6.45, 7) is 6.80. The second-order valence-corrected chi connectivity index (χ2v) is 6.74. The van der Waals surface area contributed by atoms with Crippen LogP contribution in [0, 0.1) is 0 Å². The zero-order valence-corrected chi connectivity index (χ0v) is 15.1. The molecule has 26 heavy (non-hydrogen) atoms. The van der Waals surface area contributed by atoms with Gasteiger partial charge in [0.15, 0.2) is 5.82 Å². The Labute approximate surface area is 154 Å². The van der Waals surface area contributed by atoms with Crippen molar-refractivity contribution >= 4 is 16.7 Å². The van der Waals surface area contributed by atoms with E-state index in [4.69, 9.17) is 14.7 Å². The van der Waals surface area contributed by atoms with Gasteiger partial charge in [-0.05, 0) is 19.1 Å². The van der Waals surface area contributed by atoms with Crippen LogP contribution in [-0.2, 0) is 4.74 Å². The van der Waals surface area contributed by atoms with Crippen LogP contribution in [0.15, 0.2) is 54.6 Å². The van der Waals surface area contributed by atoms with Gasteiger partial charge in [0.2, 0.25) is 0 Å². The molecule has 134 valence electrons. The topological polar surface area (TPSA) is 50.3 Å². The average Bonchev–Trinajstić information content (AvgIpc) is 2.69. The van der Waals surface area contributed by atoms with Crippen LogP contribution in [0.4, 0.5) is 5.82 Å². The van der Waals surface area contributed by atoms with Gasteiger partial charge < -0.3 is 10.1 Å². The molecule has 0 aliphatic carbocycles. The van der Waals surface area contributed by atoms with E-state index in [1.54, 1.807) is 0 Å². The Hall–Kier alpha value is -2.50. The van der Waals surface area contributed by atoms with Crippen molar-refractivity contribution in [2.75, 3.05) is 38.2 Å². The minimum Gasteiger partial charge on any atom is -0.379 e. The van der Waals surface area contributed by atoms with Crippen molar-refractivity contribution in [2.45, 2.75) is 13.0 Å². The smallest absolute Gasteiger partial charge is 0.162 e. The summed E-state index contributed by atoms with van der Waals surface area (Å²) in [5.41, 5.74) is 1.99. The van der Waals surface area contributed by atoms with E-state index >= 15 is 0 Å². The van der Waals surface area contributed by atoms with Crippen LogP contribution in [0.2, 0.25) is 0 Å². The summed E-state index contributed by atoms with van der Waals surface area (Å²) < 4.78 is 5.44. The van der Waals surface area contributed by atoms with Crippen molar-refractivity contribution < 1.29 is 4.74 Å². The number of para-hydroxylation sites is 1. The normalized spacial score (nSPS) is 16.5. The van der Waals surface area contributed by atoms with Gasteiger partial charge in [-0.3, -0.25) is 4.90 Å². The van der Waals surface area contributed by atoms with Gasteiger partial charge in [-0.2, -0.15) is 0 Å². The van der Waals surface area contributed by atoms with E-state index in [-0.39, 0.29) is 6.04 Å². The van der Waals surface area contributed by atoms with E-state index < -0.39 is 0 Å². The van der Waals surface area contributed by atoms with Crippen LogP contribution in [0.25, 0.3) is 22.3 Å². The van der Waals surface area contributed by atoms with Crippen molar-refractivity contribution in [3.8, 4) is 11.4 Å². The number of benzene rings is 2. The molecule has 2 aromatic carbocycles. The van der Waals surface area contributed by atoms with E-state index in [0.717, 1.165) is 61.0 Å². The third-order valence-corrected chi connectivity index (χ3v) is 4.65. The molecule has 0 spiro atoms. The van der Waals surface area contributed by atoms with Crippen molar-refractivity contribution in [2.24, 2.45) is 0 Å². The summed E-state index contributed by atoms with van der Waals surface area (Å²) >= 11 is 0. The maximum Gasteiger partial charge on any atom is 0.162 e. The number of ether oxygens (including phenoxy) is 1. The molecule has 4 rings (SSSR count). The van der Waals surface area contributed by atoms with Gasteiger partial charge in [-0.25, -0.2) is 9.97 Å². The maximum atomic E-state index is 5.44. The maximum absolute atomic E-state index is 5.44. The third kappa shape index (κ3) is 3.84. The van der Waals surface area contributed by atoms with E-state index in [1.165, 1.54) is 0 Å².